The van der Waals surface area contributed by atoms with Crippen LogP contribution in [0.15, 0.2) is 54.6 Å². The van der Waals surface area contributed by atoms with Crippen molar-refractivity contribution in [3.8, 4) is 0 Å². The Morgan fingerprint density at radius 2 is 1.72 bits per heavy atom. The molecule has 0 radical (unpaired) electrons. The first-order valence-corrected chi connectivity index (χ1v) is 10.1. The Bertz CT molecular complexity index is 1000. The maximum absolute atomic E-state index is 12.6. The number of likely N-dealkylation sites (tertiary alicyclic amines) is 1. The van der Waals surface area contributed by atoms with E-state index in [-0.39, 0.29) is 18.0 Å². The number of H-pyrrole nitrogens is 1. The molecule has 1 fully saturated rings. The number of para-hydroxylation sites is 2. The van der Waals surface area contributed by atoms with Gasteiger partial charge in [-0.3, -0.25) is 4.79 Å². The van der Waals surface area contributed by atoms with Gasteiger partial charge in [0.25, 0.3) is 0 Å². The number of piperidine rings is 1. The Balaban J connectivity index is 1.28. The van der Waals surface area contributed by atoms with E-state index >= 15 is 0 Å². The highest BCUT2D eigenvalue weighted by Crippen LogP contribution is 2.22. The number of carbonyl (C=O) groups is 2. The van der Waals surface area contributed by atoms with Crippen molar-refractivity contribution < 1.29 is 9.59 Å². The maximum Gasteiger partial charge on any atom is 0.321 e. The Labute approximate surface area is 170 Å². The zero-order chi connectivity index (χ0) is 20.2. The van der Waals surface area contributed by atoms with Crippen LogP contribution in [0.2, 0.25) is 0 Å². The number of amides is 3. The first kappa shape index (κ1) is 19.1. The molecule has 1 aliphatic rings. The van der Waals surface area contributed by atoms with Gasteiger partial charge in [-0.15, -0.1) is 0 Å². The number of aromatic nitrogens is 1. The predicted octanol–water partition coefficient (Wildman–Crippen LogP) is 3.83. The van der Waals surface area contributed by atoms with E-state index in [1.165, 1.54) is 0 Å². The molecule has 0 bridgehead atoms. The number of urea groups is 1. The second kappa shape index (κ2) is 8.39. The molecule has 0 saturated carbocycles. The maximum atomic E-state index is 12.6. The first-order valence-electron chi connectivity index (χ1n) is 10.1. The van der Waals surface area contributed by atoms with Crippen molar-refractivity contribution in [2.45, 2.75) is 32.2 Å². The highest BCUT2D eigenvalue weighted by atomic mass is 16.2. The van der Waals surface area contributed by atoms with Gasteiger partial charge in [0.1, 0.15) is 0 Å². The van der Waals surface area contributed by atoms with Crippen LogP contribution < -0.4 is 10.6 Å². The van der Waals surface area contributed by atoms with Crippen molar-refractivity contribution in [1.29, 1.82) is 0 Å². The number of anilines is 1. The molecule has 0 aliphatic carbocycles. The monoisotopic (exact) mass is 390 g/mol. The molecule has 0 spiro atoms. The quantitative estimate of drug-likeness (QED) is 0.633. The lowest BCUT2D eigenvalue weighted by atomic mass is 10.0. The SMILES string of the molecule is Cc1[nH]c2ccccc2c1CC(=O)NC1CCN(C(=O)Nc2ccccc2)CC1. The number of hydrogen-bond acceptors (Lipinski definition) is 2. The molecule has 6 heteroatoms. The van der Waals surface area contributed by atoms with E-state index in [0.717, 1.165) is 40.7 Å². The van der Waals surface area contributed by atoms with Crippen molar-refractivity contribution in [1.82, 2.24) is 15.2 Å². The van der Waals surface area contributed by atoms with E-state index < -0.39 is 0 Å². The summed E-state index contributed by atoms with van der Waals surface area (Å²) >= 11 is 0. The summed E-state index contributed by atoms with van der Waals surface area (Å²) in [6, 6.07) is 17.5. The van der Waals surface area contributed by atoms with Gasteiger partial charge in [-0.05, 0) is 43.5 Å². The van der Waals surface area contributed by atoms with Crippen molar-refractivity contribution in [3.63, 3.8) is 0 Å². The molecule has 6 nitrogen and oxygen atoms in total. The van der Waals surface area contributed by atoms with Gasteiger partial charge in [0.2, 0.25) is 5.91 Å². The number of carbonyl (C=O) groups excluding carboxylic acids is 2. The van der Waals surface area contributed by atoms with Crippen LogP contribution in [0.3, 0.4) is 0 Å². The van der Waals surface area contributed by atoms with E-state index in [1.807, 2.05) is 61.5 Å². The molecule has 3 N–H and O–H groups in total. The van der Waals surface area contributed by atoms with E-state index in [1.54, 1.807) is 4.90 Å². The van der Waals surface area contributed by atoms with Crippen molar-refractivity contribution in [2.75, 3.05) is 18.4 Å². The number of fused-ring (bicyclic) bond motifs is 1. The van der Waals surface area contributed by atoms with Crippen LogP contribution in [0.25, 0.3) is 10.9 Å². The van der Waals surface area contributed by atoms with Crippen LogP contribution in [-0.2, 0) is 11.2 Å². The van der Waals surface area contributed by atoms with Crippen LogP contribution in [-0.4, -0.2) is 41.0 Å². The second-order valence-corrected chi connectivity index (χ2v) is 7.58. The van der Waals surface area contributed by atoms with Gasteiger partial charge in [-0.1, -0.05) is 36.4 Å². The van der Waals surface area contributed by atoms with Crippen molar-refractivity contribution in [3.05, 3.63) is 65.9 Å². The number of rotatable bonds is 4. The third-order valence-electron chi connectivity index (χ3n) is 5.54. The average molecular weight is 390 g/mol. The molecule has 1 aliphatic heterocycles. The van der Waals surface area contributed by atoms with E-state index in [9.17, 15) is 9.59 Å². The Morgan fingerprint density at radius 3 is 2.48 bits per heavy atom. The van der Waals surface area contributed by atoms with Crippen molar-refractivity contribution in [2.24, 2.45) is 0 Å². The molecule has 0 unspecified atom stereocenters. The smallest absolute Gasteiger partial charge is 0.321 e. The summed E-state index contributed by atoms with van der Waals surface area (Å²) in [5, 5.41) is 7.17. The zero-order valence-corrected chi connectivity index (χ0v) is 16.6. The Hall–Kier alpha value is -3.28. The number of benzene rings is 2. The number of hydrogen-bond donors (Lipinski definition) is 3. The molecule has 2 aromatic carbocycles. The predicted molar refractivity (Wildman–Crippen MR) is 115 cm³/mol. The highest BCUT2D eigenvalue weighted by Gasteiger charge is 2.24. The Kier molecular flexibility index (Phi) is 5.51. The third kappa shape index (κ3) is 4.42. The second-order valence-electron chi connectivity index (χ2n) is 7.58. The van der Waals surface area contributed by atoms with Gasteiger partial charge >= 0.3 is 6.03 Å². The molecule has 0 atom stereocenters. The molecule has 1 saturated heterocycles. The fraction of sp³-hybridized carbons (Fsp3) is 0.304. The molecule has 1 aromatic heterocycles. The summed E-state index contributed by atoms with van der Waals surface area (Å²) in [6.45, 7) is 3.28. The minimum absolute atomic E-state index is 0.0324. The van der Waals surface area contributed by atoms with E-state index in [4.69, 9.17) is 0 Å². The van der Waals surface area contributed by atoms with Crippen molar-refractivity contribution >= 4 is 28.5 Å². The summed E-state index contributed by atoms with van der Waals surface area (Å²) in [5.41, 5.74) is 3.94. The van der Waals surface area contributed by atoms with Crippen LogP contribution in [0.4, 0.5) is 10.5 Å². The zero-order valence-electron chi connectivity index (χ0n) is 16.6. The third-order valence-corrected chi connectivity index (χ3v) is 5.54. The van der Waals surface area contributed by atoms with Gasteiger partial charge in [0.15, 0.2) is 0 Å². The van der Waals surface area contributed by atoms with Gasteiger partial charge < -0.3 is 20.5 Å². The minimum atomic E-state index is -0.0876. The van der Waals surface area contributed by atoms with Gasteiger partial charge in [-0.2, -0.15) is 0 Å². The minimum Gasteiger partial charge on any atom is -0.358 e. The van der Waals surface area contributed by atoms with E-state index in [2.05, 4.69) is 15.6 Å². The van der Waals surface area contributed by atoms with Crippen LogP contribution in [0.1, 0.15) is 24.1 Å². The number of aryl methyl sites for hydroxylation is 1. The molecule has 29 heavy (non-hydrogen) atoms. The molecular formula is C23H26N4O2. The Morgan fingerprint density at radius 1 is 1.03 bits per heavy atom. The fourth-order valence-corrected chi connectivity index (χ4v) is 3.95. The molecule has 150 valence electrons. The summed E-state index contributed by atoms with van der Waals surface area (Å²) in [6.07, 6.45) is 1.90. The summed E-state index contributed by atoms with van der Waals surface area (Å²) in [7, 11) is 0. The molecule has 3 aromatic rings. The normalized spacial score (nSPS) is 14.7. The lowest BCUT2D eigenvalue weighted by molar-refractivity contribution is -0.121. The standard InChI is InChI=1S/C23H26N4O2/c1-16-20(19-9-5-6-10-21(19)24-16)15-22(28)25-18-11-13-27(14-12-18)23(29)26-17-7-3-2-4-8-17/h2-10,18,24H,11-15H2,1H3,(H,25,28)(H,26,29). The molecular weight excluding hydrogens is 364 g/mol. The average Bonchev–Trinajstić information content (AvgIpc) is 3.04. The van der Waals surface area contributed by atoms with Gasteiger partial charge in [0.05, 0.1) is 6.42 Å². The molecule has 4 rings (SSSR count). The van der Waals surface area contributed by atoms with Gasteiger partial charge in [-0.25, -0.2) is 4.79 Å². The van der Waals surface area contributed by atoms with Crippen LogP contribution >= 0.6 is 0 Å². The number of nitrogens with one attached hydrogen (secondary N) is 3. The van der Waals surface area contributed by atoms with Crippen LogP contribution in [0.5, 0.6) is 0 Å². The summed E-state index contributed by atoms with van der Waals surface area (Å²) < 4.78 is 0. The lowest BCUT2D eigenvalue weighted by Crippen LogP contribution is -2.48. The van der Waals surface area contributed by atoms with E-state index in [0.29, 0.717) is 19.5 Å². The number of nitrogens with zero attached hydrogens (tertiary/aromatic N) is 1. The first-order chi connectivity index (χ1) is 14.1. The summed E-state index contributed by atoms with van der Waals surface area (Å²) in [4.78, 5) is 30.2. The van der Waals surface area contributed by atoms with Gasteiger partial charge in [0, 0.05) is 41.4 Å². The molecule has 3 amide bonds. The molecule has 2 heterocycles. The number of aromatic amines is 1. The largest absolute Gasteiger partial charge is 0.358 e. The topological polar surface area (TPSA) is 77.2 Å². The fourth-order valence-electron chi connectivity index (χ4n) is 3.95. The van der Waals surface area contributed by atoms with Crippen LogP contribution in [0, 0.1) is 6.92 Å². The highest BCUT2D eigenvalue weighted by molar-refractivity contribution is 5.90. The lowest BCUT2D eigenvalue weighted by Gasteiger charge is -2.32. The summed E-state index contributed by atoms with van der Waals surface area (Å²) in [5.74, 6) is 0.0324.